The summed E-state index contributed by atoms with van der Waals surface area (Å²) in [5.74, 6) is -4.32. The van der Waals surface area contributed by atoms with Crippen molar-refractivity contribution in [3.05, 3.63) is 47.5 Å². The van der Waals surface area contributed by atoms with Crippen LogP contribution in [0.2, 0.25) is 0 Å². The van der Waals surface area contributed by atoms with Gasteiger partial charge in [0.2, 0.25) is 5.91 Å². The lowest BCUT2D eigenvalue weighted by Gasteiger charge is -2.05. The van der Waals surface area contributed by atoms with Crippen molar-refractivity contribution in [3.63, 3.8) is 0 Å². The molecule has 0 radical (unpaired) electrons. The molecule has 1 aromatic heterocycles. The molecule has 1 heterocycles. The van der Waals surface area contributed by atoms with Crippen molar-refractivity contribution in [2.24, 2.45) is 0 Å². The van der Waals surface area contributed by atoms with Crippen molar-refractivity contribution in [3.8, 4) is 0 Å². The van der Waals surface area contributed by atoms with Crippen LogP contribution in [0.5, 0.6) is 0 Å². The maximum absolute atomic E-state index is 13.1. The normalized spacial score (nSPS) is 10.6. The monoisotopic (exact) mass is 328 g/mol. The van der Waals surface area contributed by atoms with E-state index in [0.29, 0.717) is 5.69 Å². The number of aliphatic hydroxyl groups is 1. The van der Waals surface area contributed by atoms with Gasteiger partial charge in [-0.1, -0.05) is 0 Å². The summed E-state index contributed by atoms with van der Waals surface area (Å²) in [6.45, 7) is 0.0490. The number of amides is 1. The number of hydrogen-bond donors (Lipinski definition) is 3. The van der Waals surface area contributed by atoms with Crippen molar-refractivity contribution < 1.29 is 23.1 Å². The van der Waals surface area contributed by atoms with E-state index in [1.807, 2.05) is 0 Å². The molecule has 0 bridgehead atoms. The molecule has 9 heteroatoms. The van der Waals surface area contributed by atoms with E-state index in [0.717, 1.165) is 12.1 Å². The van der Waals surface area contributed by atoms with E-state index in [4.69, 9.17) is 5.11 Å². The standard InChI is InChI=1S/C14H15F3N4O2/c15-11-3-9(4-12(16)14(11)17)5-19-10-6-20-21(7-10)8-13(23)18-1-2-22/h3-4,6-7,19,22H,1-2,5,8H2,(H,18,23). The summed E-state index contributed by atoms with van der Waals surface area (Å²) < 4.78 is 40.4. The SMILES string of the molecule is O=C(Cn1cc(NCc2cc(F)c(F)c(F)c2)cn1)NCCO. The van der Waals surface area contributed by atoms with E-state index in [9.17, 15) is 18.0 Å². The van der Waals surface area contributed by atoms with Crippen molar-refractivity contribution in [2.45, 2.75) is 13.1 Å². The van der Waals surface area contributed by atoms with Gasteiger partial charge in [0.15, 0.2) is 17.5 Å². The first-order valence-corrected chi connectivity index (χ1v) is 6.77. The Hall–Kier alpha value is -2.55. The van der Waals surface area contributed by atoms with E-state index < -0.39 is 17.5 Å². The van der Waals surface area contributed by atoms with Crippen LogP contribution in [0.25, 0.3) is 0 Å². The molecule has 2 rings (SSSR count). The first-order valence-electron chi connectivity index (χ1n) is 6.77. The molecule has 0 saturated carbocycles. The van der Waals surface area contributed by atoms with Crippen LogP contribution < -0.4 is 10.6 Å². The van der Waals surface area contributed by atoms with Gasteiger partial charge in [-0.15, -0.1) is 0 Å². The van der Waals surface area contributed by atoms with Crippen molar-refractivity contribution in [1.29, 1.82) is 0 Å². The zero-order chi connectivity index (χ0) is 16.8. The maximum atomic E-state index is 13.1. The Morgan fingerprint density at radius 1 is 1.26 bits per heavy atom. The Morgan fingerprint density at radius 2 is 1.96 bits per heavy atom. The predicted octanol–water partition coefficient (Wildman–Crippen LogP) is 1.02. The molecule has 1 aromatic carbocycles. The molecule has 23 heavy (non-hydrogen) atoms. The van der Waals surface area contributed by atoms with Crippen LogP contribution >= 0.6 is 0 Å². The fourth-order valence-electron chi connectivity index (χ4n) is 1.85. The van der Waals surface area contributed by atoms with Gasteiger partial charge in [0.1, 0.15) is 6.54 Å². The minimum Gasteiger partial charge on any atom is -0.395 e. The van der Waals surface area contributed by atoms with Gasteiger partial charge >= 0.3 is 0 Å². The number of nitrogens with one attached hydrogen (secondary N) is 2. The largest absolute Gasteiger partial charge is 0.395 e. The van der Waals surface area contributed by atoms with Gasteiger partial charge in [0.25, 0.3) is 0 Å². The highest BCUT2D eigenvalue weighted by Gasteiger charge is 2.10. The molecule has 0 unspecified atom stereocenters. The summed E-state index contributed by atoms with van der Waals surface area (Å²) >= 11 is 0. The molecule has 0 aliphatic heterocycles. The first kappa shape index (κ1) is 16.8. The third-order valence-corrected chi connectivity index (χ3v) is 2.91. The number of hydrogen-bond acceptors (Lipinski definition) is 4. The molecule has 1 amide bonds. The molecule has 6 nitrogen and oxygen atoms in total. The number of halogens is 3. The Kier molecular flexibility index (Phi) is 5.58. The molecule has 0 fully saturated rings. The molecular formula is C14H15F3N4O2. The number of benzene rings is 1. The van der Waals surface area contributed by atoms with Gasteiger partial charge < -0.3 is 15.7 Å². The number of rotatable bonds is 7. The number of aromatic nitrogens is 2. The molecule has 0 atom stereocenters. The lowest BCUT2D eigenvalue weighted by molar-refractivity contribution is -0.122. The molecule has 0 aliphatic rings. The molecule has 2 aromatic rings. The third kappa shape index (κ3) is 4.71. The summed E-state index contributed by atoms with van der Waals surface area (Å²) in [7, 11) is 0. The summed E-state index contributed by atoms with van der Waals surface area (Å²) in [6, 6.07) is 1.80. The fourth-order valence-corrected chi connectivity index (χ4v) is 1.85. The Bertz CT molecular complexity index is 667. The van der Waals surface area contributed by atoms with Gasteiger partial charge in [0, 0.05) is 19.3 Å². The molecule has 0 aliphatic carbocycles. The Morgan fingerprint density at radius 3 is 2.61 bits per heavy atom. The van der Waals surface area contributed by atoms with Gasteiger partial charge in [-0.3, -0.25) is 9.48 Å². The minimum atomic E-state index is -1.50. The van der Waals surface area contributed by atoms with E-state index in [1.165, 1.54) is 17.1 Å². The van der Waals surface area contributed by atoms with Crippen LogP contribution in [-0.2, 0) is 17.9 Å². The van der Waals surface area contributed by atoms with Crippen LogP contribution in [0.1, 0.15) is 5.56 Å². The van der Waals surface area contributed by atoms with Gasteiger partial charge in [-0.05, 0) is 17.7 Å². The maximum Gasteiger partial charge on any atom is 0.241 e. The van der Waals surface area contributed by atoms with Gasteiger partial charge in [0.05, 0.1) is 18.5 Å². The number of anilines is 1. The number of carbonyl (C=O) groups excluding carboxylic acids is 1. The van der Waals surface area contributed by atoms with E-state index >= 15 is 0 Å². The second-order valence-electron chi connectivity index (χ2n) is 4.73. The second kappa shape index (κ2) is 7.63. The second-order valence-corrected chi connectivity index (χ2v) is 4.73. The number of aliphatic hydroxyl groups excluding tert-OH is 1. The van der Waals surface area contributed by atoms with E-state index in [-0.39, 0.29) is 37.7 Å². The van der Waals surface area contributed by atoms with E-state index in [1.54, 1.807) is 0 Å². The number of nitrogens with zero attached hydrogens (tertiary/aromatic N) is 2. The fraction of sp³-hybridized carbons (Fsp3) is 0.286. The smallest absolute Gasteiger partial charge is 0.241 e. The highest BCUT2D eigenvalue weighted by molar-refractivity contribution is 5.75. The zero-order valence-electron chi connectivity index (χ0n) is 12.0. The lowest BCUT2D eigenvalue weighted by atomic mass is 10.2. The molecular weight excluding hydrogens is 313 g/mol. The molecule has 124 valence electrons. The molecule has 0 spiro atoms. The summed E-state index contributed by atoms with van der Waals surface area (Å²) in [6.07, 6.45) is 2.98. The highest BCUT2D eigenvalue weighted by Crippen LogP contribution is 2.15. The van der Waals surface area contributed by atoms with Crippen molar-refractivity contribution in [1.82, 2.24) is 15.1 Å². The molecule has 0 saturated heterocycles. The highest BCUT2D eigenvalue weighted by atomic mass is 19.2. The van der Waals surface area contributed by atoms with Crippen LogP contribution in [0.4, 0.5) is 18.9 Å². The lowest BCUT2D eigenvalue weighted by Crippen LogP contribution is -2.30. The van der Waals surface area contributed by atoms with Crippen LogP contribution in [0.15, 0.2) is 24.5 Å². The van der Waals surface area contributed by atoms with Crippen LogP contribution in [0, 0.1) is 17.5 Å². The quantitative estimate of drug-likeness (QED) is 0.663. The topological polar surface area (TPSA) is 79.2 Å². The summed E-state index contributed by atoms with van der Waals surface area (Å²) in [5.41, 5.74) is 0.764. The Labute approximate surface area is 129 Å². The summed E-state index contributed by atoms with van der Waals surface area (Å²) in [5, 5.41) is 17.9. The van der Waals surface area contributed by atoms with Crippen LogP contribution in [0.3, 0.4) is 0 Å². The Balaban J connectivity index is 1.91. The van der Waals surface area contributed by atoms with Crippen LogP contribution in [-0.4, -0.2) is 33.9 Å². The van der Waals surface area contributed by atoms with Crippen molar-refractivity contribution >= 4 is 11.6 Å². The zero-order valence-corrected chi connectivity index (χ0v) is 12.0. The average molecular weight is 328 g/mol. The van der Waals surface area contributed by atoms with Gasteiger partial charge in [-0.25, -0.2) is 13.2 Å². The minimum absolute atomic E-state index is 0.0263. The predicted molar refractivity (Wildman–Crippen MR) is 76.0 cm³/mol. The van der Waals surface area contributed by atoms with Crippen molar-refractivity contribution in [2.75, 3.05) is 18.5 Å². The first-order chi connectivity index (χ1) is 11.0. The summed E-state index contributed by atoms with van der Waals surface area (Å²) in [4.78, 5) is 11.4. The molecule has 3 N–H and O–H groups in total. The van der Waals surface area contributed by atoms with E-state index in [2.05, 4.69) is 15.7 Å². The average Bonchev–Trinajstić information content (AvgIpc) is 2.95. The van der Waals surface area contributed by atoms with Gasteiger partial charge in [-0.2, -0.15) is 5.10 Å². The third-order valence-electron chi connectivity index (χ3n) is 2.91. The number of carbonyl (C=O) groups is 1.